The number of hydrogen-bond acceptors (Lipinski definition) is 21. The third-order valence-electron chi connectivity index (χ3n) is 16.7. The van der Waals surface area contributed by atoms with Crippen LogP contribution in [0.4, 0.5) is 0 Å². The lowest BCUT2D eigenvalue weighted by Crippen LogP contribution is -2.34. The smallest absolute Gasteiger partial charge is 0.335 e. The molecule has 0 radical (unpaired) electrons. The minimum atomic E-state index is -0.964. The van der Waals surface area contributed by atoms with E-state index in [1.807, 2.05) is 79.7 Å². The predicted octanol–water partition coefficient (Wildman–Crippen LogP) is 17.9. The molecule has 3 amide bonds. The topological polar surface area (TPSA) is 351 Å². The molecule has 16 aromatic rings. The average Bonchev–Trinajstić information content (AvgIpc) is 1.69. The summed E-state index contributed by atoms with van der Waals surface area (Å²) in [4.78, 5) is 86.8. The number of phenols is 1. The van der Waals surface area contributed by atoms with E-state index in [0.717, 1.165) is 65.8 Å². The van der Waals surface area contributed by atoms with Gasteiger partial charge in [-0.1, -0.05) is 82.8 Å². The largest absolute Gasteiger partial charge is 0.508 e. The van der Waals surface area contributed by atoms with Crippen LogP contribution in [-0.4, -0.2) is 101 Å². The Bertz CT molecular complexity index is 6050. The number of nitrogens with zero attached hydrogens (tertiary/aromatic N) is 11. The van der Waals surface area contributed by atoms with Gasteiger partial charge in [0.15, 0.2) is 0 Å². The molecular formula is C83H64Cl5N15O10. The van der Waals surface area contributed by atoms with Crippen molar-refractivity contribution in [3.63, 3.8) is 0 Å². The molecule has 0 aliphatic heterocycles. The maximum Gasteiger partial charge on any atom is 0.335 e. The van der Waals surface area contributed by atoms with E-state index in [1.54, 1.807) is 181 Å². The lowest BCUT2D eigenvalue weighted by molar-refractivity contribution is 0.0695. The molecular weight excluding hydrogens is 1540 g/mol. The van der Waals surface area contributed by atoms with Gasteiger partial charge in [0.25, 0.3) is 23.0 Å². The Morgan fingerprint density at radius 3 is 1.27 bits per heavy atom. The maximum atomic E-state index is 12.8. The van der Waals surface area contributed by atoms with Crippen LogP contribution in [0.1, 0.15) is 85.8 Å². The summed E-state index contributed by atoms with van der Waals surface area (Å²) < 4.78 is 17.1. The fraction of sp³-hybridized carbons (Fsp3) is 0.0843. The summed E-state index contributed by atoms with van der Waals surface area (Å²) in [6.45, 7) is 7.95. The van der Waals surface area contributed by atoms with Gasteiger partial charge in [0.2, 0.25) is 23.6 Å². The van der Waals surface area contributed by atoms with Gasteiger partial charge in [-0.3, -0.25) is 59.5 Å². The number of benzene rings is 7. The average molecular weight is 1610 g/mol. The fourth-order valence-electron chi connectivity index (χ4n) is 10.9. The molecule has 9 heterocycles. The molecule has 113 heavy (non-hydrogen) atoms. The van der Waals surface area contributed by atoms with Gasteiger partial charge in [0, 0.05) is 161 Å². The van der Waals surface area contributed by atoms with Crippen LogP contribution in [0.2, 0.25) is 20.1 Å². The second-order valence-electron chi connectivity index (χ2n) is 24.2. The van der Waals surface area contributed by atoms with E-state index in [0.29, 0.717) is 113 Å². The van der Waals surface area contributed by atoms with Crippen LogP contribution < -0.4 is 26.2 Å². The van der Waals surface area contributed by atoms with Crippen molar-refractivity contribution >= 4 is 141 Å². The lowest BCUT2D eigenvalue weighted by Gasteiger charge is -2.14. The highest BCUT2D eigenvalue weighted by atomic mass is 35.5. The van der Waals surface area contributed by atoms with Crippen LogP contribution in [0.5, 0.6) is 17.2 Å². The molecule has 0 saturated heterocycles. The summed E-state index contributed by atoms with van der Waals surface area (Å²) in [5.41, 5.74) is 15.7. The second kappa shape index (κ2) is 38.4. The zero-order chi connectivity index (χ0) is 80.1. The first-order chi connectivity index (χ1) is 54.6. The van der Waals surface area contributed by atoms with Gasteiger partial charge in [0.1, 0.15) is 17.2 Å². The number of carboxylic acids is 1. The van der Waals surface area contributed by atoms with Gasteiger partial charge >= 0.3 is 5.97 Å². The summed E-state index contributed by atoms with van der Waals surface area (Å²) in [7, 11) is 1.63. The normalized spacial score (nSPS) is 10.6. The Balaban J connectivity index is 0.000000139. The first kappa shape index (κ1) is 80.7. The quantitative estimate of drug-likeness (QED) is 0.0435. The molecule has 0 atom stereocenters. The van der Waals surface area contributed by atoms with Crippen LogP contribution in [0.25, 0.3) is 77.4 Å². The molecule has 566 valence electrons. The van der Waals surface area contributed by atoms with Gasteiger partial charge in [-0.25, -0.2) is 10.2 Å². The van der Waals surface area contributed by atoms with Crippen molar-refractivity contribution in [1.82, 2.24) is 76.8 Å². The number of nitrogens with one attached hydrogen (secondary N) is 4. The number of fused-ring (bicyclic) bond motifs is 5. The van der Waals surface area contributed by atoms with Crippen LogP contribution >= 0.6 is 58.0 Å². The number of pyridine rings is 7. The van der Waals surface area contributed by atoms with Crippen molar-refractivity contribution < 1.29 is 47.8 Å². The van der Waals surface area contributed by atoms with E-state index in [2.05, 4.69) is 76.8 Å². The molecule has 16 rings (SSSR count). The van der Waals surface area contributed by atoms with Gasteiger partial charge in [0.05, 0.1) is 53.2 Å². The van der Waals surface area contributed by atoms with E-state index in [1.165, 1.54) is 12.1 Å². The number of aryl methyl sites for hydroxylation is 2. The number of aromatic carboxylic acids is 1. The second-order valence-corrected chi connectivity index (χ2v) is 26.2. The van der Waals surface area contributed by atoms with E-state index < -0.39 is 11.2 Å². The number of rotatable bonds is 14. The highest BCUT2D eigenvalue weighted by Gasteiger charge is 2.18. The molecule has 6 N–H and O–H groups in total. The Labute approximate surface area is 669 Å². The molecule has 25 nitrogen and oxygen atoms in total. The van der Waals surface area contributed by atoms with Crippen LogP contribution in [0.15, 0.2) is 247 Å². The number of carbonyl (C=O) groups excluding carboxylic acids is 4. The van der Waals surface area contributed by atoms with Crippen LogP contribution in [0, 0.1) is 27.7 Å². The molecule has 0 fully saturated rings. The zero-order valence-corrected chi connectivity index (χ0v) is 64.2. The van der Waals surface area contributed by atoms with Crippen molar-refractivity contribution in [2.45, 2.75) is 40.8 Å². The number of aromatic hydroxyl groups is 1. The summed E-state index contributed by atoms with van der Waals surface area (Å²) in [5.74, 6) is 1.81. The summed E-state index contributed by atoms with van der Waals surface area (Å²) in [6, 6.07) is 52.6. The molecule has 0 spiro atoms. The summed E-state index contributed by atoms with van der Waals surface area (Å²) in [6.07, 6.45) is 14.9. The Morgan fingerprint density at radius 1 is 0.416 bits per heavy atom. The summed E-state index contributed by atoms with van der Waals surface area (Å²) >= 11 is 29.2. The first-order valence-electron chi connectivity index (χ1n) is 34.1. The van der Waals surface area contributed by atoms with Crippen molar-refractivity contribution in [3.8, 4) is 40.2 Å². The molecule has 9 aromatic heterocycles. The Hall–Kier alpha value is -13.3. The van der Waals surface area contributed by atoms with E-state index in [-0.39, 0.29) is 29.0 Å². The van der Waals surface area contributed by atoms with Crippen molar-refractivity contribution in [2.75, 3.05) is 7.05 Å². The molecule has 0 saturated carbocycles. The van der Waals surface area contributed by atoms with Crippen LogP contribution in [0.3, 0.4) is 0 Å². The van der Waals surface area contributed by atoms with Crippen molar-refractivity contribution in [2.24, 2.45) is 0 Å². The number of amides is 3. The number of halogens is 5. The van der Waals surface area contributed by atoms with Gasteiger partial charge in [-0.05, 0) is 182 Å². The van der Waals surface area contributed by atoms with E-state index in [4.69, 9.17) is 76.7 Å². The third kappa shape index (κ3) is 21.2. The van der Waals surface area contributed by atoms with Gasteiger partial charge in [-0.15, -0.1) is 20.4 Å². The number of ether oxygens (including phenoxy) is 1. The Kier molecular flexibility index (Phi) is 27.4. The predicted molar refractivity (Wildman–Crippen MR) is 433 cm³/mol. The zero-order valence-electron chi connectivity index (χ0n) is 60.4. The number of hydrazine groups is 1. The van der Waals surface area contributed by atoms with E-state index >= 15 is 0 Å². The molecule has 0 aliphatic carbocycles. The molecule has 0 unspecified atom stereocenters. The molecule has 0 aliphatic rings. The molecule has 7 aromatic carbocycles. The van der Waals surface area contributed by atoms with Gasteiger partial charge in [-0.2, -0.15) is 0 Å². The van der Waals surface area contributed by atoms with Crippen LogP contribution in [-0.2, 0) is 13.1 Å². The minimum Gasteiger partial charge on any atom is -0.508 e. The minimum absolute atomic E-state index is 0.131. The SMILES string of the molecule is CNNC(=O)c1ccc2c(Cl)ccnc2c1.Cc1c(O)cccc1C(=O)NCc1ccncc1.Cc1nnc(-c2ccc3c(Cl)ccnc3c2)o1.Cc1nnc(-c2ccc3c(Oc4cccc(C(=O)NCc5ccncc5)c4C)ccnc3c2)o1.O=C(Cl)c1ccc2c(Cl)ccnc2c1.O=C(O)c1ccc2c(Cl)ccnc2c1. The van der Waals surface area contributed by atoms with E-state index in [9.17, 15) is 29.1 Å². The number of aromatic nitrogens is 11. The monoisotopic (exact) mass is 1610 g/mol. The number of carboxylic acid groups (broad SMARTS) is 1. The lowest BCUT2D eigenvalue weighted by atomic mass is 10.1. The highest BCUT2D eigenvalue weighted by molar-refractivity contribution is 6.67. The van der Waals surface area contributed by atoms with Crippen molar-refractivity contribution in [1.29, 1.82) is 0 Å². The van der Waals surface area contributed by atoms with Gasteiger partial charge < -0.3 is 34.4 Å². The first-order valence-corrected chi connectivity index (χ1v) is 36.0. The summed E-state index contributed by atoms with van der Waals surface area (Å²) in [5, 5.41) is 45.9. The standard InChI is InChI=1S/C26H21N5O3.C14H14N2O2.C12H8ClN3O.C11H10ClN3O.C10H5Cl2NO.C10H6ClNO2/c1-16-20(25(32)29-15-18-8-11-27-12-9-18)4-3-5-23(16)34-24-10-13-28-22-14-19(6-7-21(22)24)26-31-30-17(2)33-26;1-10-12(3-2-4-13(10)17)14(18)16-9-11-5-7-15-8-6-11;1-7-15-16-12(17-7)8-2-3-9-10(13)4-5-14-11(9)6-8;1-13-15-11(16)7-2-3-8-9(12)4-5-14-10(8)6-7;11-8-3-4-13-9-5-6(10(12)14)1-2-7(8)9;11-8-3-4-12-9-5-6(10(13)14)1-2-7(8)9/h3-14H,15H2,1-2H3,(H,29,32);2-8,17H,9H2,1H3,(H,16,18);2-6H,1H3;2-6,13H,1H3,(H,15,16);1-5H;1-5H,(H,13,14). The fourth-order valence-corrected chi connectivity index (χ4v) is 11.8. The number of phenolic OH excluding ortho intramolecular Hbond substituents is 1. The third-order valence-corrected chi connectivity index (χ3v) is 18.2. The number of hydrogen-bond donors (Lipinski definition) is 6. The molecule has 30 heteroatoms. The molecule has 0 bridgehead atoms. The van der Waals surface area contributed by atoms with Crippen molar-refractivity contribution in [3.05, 3.63) is 320 Å². The Morgan fingerprint density at radius 2 is 0.814 bits per heavy atom. The highest BCUT2D eigenvalue weighted by Crippen LogP contribution is 2.35. The number of carbonyl (C=O) groups is 5. The maximum absolute atomic E-state index is 12.8.